The first-order chi connectivity index (χ1) is 11.7. The van der Waals surface area contributed by atoms with Crippen molar-refractivity contribution in [1.29, 1.82) is 0 Å². The first kappa shape index (κ1) is 18.7. The van der Waals surface area contributed by atoms with E-state index in [1.54, 1.807) is 45.0 Å². The van der Waals surface area contributed by atoms with Gasteiger partial charge in [-0.3, -0.25) is 5.32 Å². The Kier molecular flexibility index (Phi) is 5.64. The quantitative estimate of drug-likeness (QED) is 0.811. The van der Waals surface area contributed by atoms with Crippen LogP contribution in [-0.4, -0.2) is 29.8 Å². The number of carbonyl (C=O) groups is 2. The van der Waals surface area contributed by atoms with Gasteiger partial charge in [0.15, 0.2) is 5.69 Å². The molecule has 0 saturated carbocycles. The highest BCUT2D eigenvalue weighted by molar-refractivity contribution is 6.30. The Bertz CT molecular complexity index is 800. The van der Waals surface area contributed by atoms with Gasteiger partial charge in [0.05, 0.1) is 12.8 Å². The van der Waals surface area contributed by atoms with Gasteiger partial charge in [-0.05, 0) is 44.5 Å². The van der Waals surface area contributed by atoms with Crippen LogP contribution in [0.5, 0.6) is 0 Å². The van der Waals surface area contributed by atoms with Gasteiger partial charge in [-0.2, -0.15) is 0 Å². The average molecular weight is 363 g/mol. The third-order valence-electron chi connectivity index (χ3n) is 3.06. The third-order valence-corrected chi connectivity index (χ3v) is 3.30. The number of nitrogens with zero attached hydrogens (tertiary/aromatic N) is 1. The van der Waals surface area contributed by atoms with E-state index in [1.165, 1.54) is 13.3 Å². The van der Waals surface area contributed by atoms with Gasteiger partial charge in [-0.15, -0.1) is 0 Å². The van der Waals surface area contributed by atoms with Crippen molar-refractivity contribution in [2.45, 2.75) is 26.4 Å². The summed E-state index contributed by atoms with van der Waals surface area (Å²) < 4.78 is 9.93. The van der Waals surface area contributed by atoms with Gasteiger partial charge in [-0.1, -0.05) is 23.7 Å². The molecule has 0 aliphatic heterocycles. The number of halogens is 1. The van der Waals surface area contributed by atoms with Gasteiger partial charge in [0.1, 0.15) is 5.60 Å². The molecule has 2 aromatic rings. The number of ether oxygens (including phenoxy) is 2. The lowest BCUT2D eigenvalue weighted by Crippen LogP contribution is -2.28. The van der Waals surface area contributed by atoms with Crippen LogP contribution in [0.2, 0.25) is 5.02 Å². The zero-order valence-electron chi connectivity index (χ0n) is 14.4. The van der Waals surface area contributed by atoms with Crippen LogP contribution >= 0.6 is 11.6 Å². The Labute approximate surface area is 151 Å². The first-order valence-corrected chi connectivity index (χ1v) is 7.92. The molecule has 2 rings (SSSR count). The van der Waals surface area contributed by atoms with Crippen molar-refractivity contribution in [1.82, 2.24) is 4.98 Å². The molecule has 7 heteroatoms. The fraction of sp³-hybridized carbons (Fsp3) is 0.278. The maximum absolute atomic E-state index is 12.1. The minimum absolute atomic E-state index is 0.0147. The van der Waals surface area contributed by atoms with Crippen molar-refractivity contribution in [3.8, 4) is 11.1 Å². The van der Waals surface area contributed by atoms with Gasteiger partial charge >= 0.3 is 12.1 Å². The van der Waals surface area contributed by atoms with Crippen molar-refractivity contribution in [2.75, 3.05) is 12.4 Å². The van der Waals surface area contributed by atoms with E-state index in [0.29, 0.717) is 10.6 Å². The van der Waals surface area contributed by atoms with Gasteiger partial charge < -0.3 is 9.47 Å². The fourth-order valence-corrected chi connectivity index (χ4v) is 2.25. The number of carbonyl (C=O) groups excluding carboxylic acids is 2. The minimum Gasteiger partial charge on any atom is -0.464 e. The predicted octanol–water partition coefficient (Wildman–Crippen LogP) is 4.54. The zero-order chi connectivity index (χ0) is 18.6. The van der Waals surface area contributed by atoms with Crippen molar-refractivity contribution in [2.24, 2.45) is 0 Å². The lowest BCUT2D eigenvalue weighted by Gasteiger charge is -2.20. The van der Waals surface area contributed by atoms with E-state index >= 15 is 0 Å². The molecular weight excluding hydrogens is 344 g/mol. The second-order valence-corrected chi connectivity index (χ2v) is 6.69. The molecule has 1 N–H and O–H groups in total. The number of benzene rings is 1. The van der Waals surface area contributed by atoms with E-state index in [1.807, 2.05) is 6.07 Å². The number of methoxy groups -OCH3 is 1. The molecule has 6 nitrogen and oxygen atoms in total. The SMILES string of the molecule is COC(=O)c1ncc(-c2cccc(Cl)c2)cc1NC(=O)OC(C)(C)C. The molecule has 0 spiro atoms. The maximum atomic E-state index is 12.1. The van der Waals surface area contributed by atoms with Crippen molar-refractivity contribution >= 4 is 29.4 Å². The standard InChI is InChI=1S/C18H19ClN2O4/c1-18(2,3)25-17(23)21-14-9-12(10-20-15(14)16(22)24-4)11-6-5-7-13(19)8-11/h5-10H,1-4H3,(H,21,23). The van der Waals surface area contributed by atoms with Crippen LogP contribution in [0, 0.1) is 0 Å². The van der Waals surface area contributed by atoms with Crippen LogP contribution in [0.4, 0.5) is 10.5 Å². The topological polar surface area (TPSA) is 77.5 Å². The summed E-state index contributed by atoms with van der Waals surface area (Å²) in [6, 6.07) is 8.77. The highest BCUT2D eigenvalue weighted by Crippen LogP contribution is 2.27. The summed E-state index contributed by atoms with van der Waals surface area (Å²) in [5, 5.41) is 3.12. The Balaban J connectivity index is 2.41. The van der Waals surface area contributed by atoms with Gasteiger partial charge in [0, 0.05) is 16.8 Å². The summed E-state index contributed by atoms with van der Waals surface area (Å²) in [5.74, 6) is -0.663. The average Bonchev–Trinajstić information content (AvgIpc) is 2.52. The lowest BCUT2D eigenvalue weighted by atomic mass is 10.1. The van der Waals surface area contributed by atoms with E-state index in [2.05, 4.69) is 10.3 Å². The Morgan fingerprint density at radius 1 is 1.16 bits per heavy atom. The summed E-state index contributed by atoms with van der Waals surface area (Å²) in [6.07, 6.45) is 0.820. The van der Waals surface area contributed by atoms with Crippen LogP contribution in [0.1, 0.15) is 31.3 Å². The molecule has 0 fully saturated rings. The number of esters is 1. The van der Waals surface area contributed by atoms with Crippen LogP contribution in [0.3, 0.4) is 0 Å². The normalized spacial score (nSPS) is 10.9. The molecule has 0 unspecified atom stereocenters. The number of rotatable bonds is 3. The van der Waals surface area contributed by atoms with Crippen LogP contribution < -0.4 is 5.32 Å². The molecule has 1 amide bonds. The number of pyridine rings is 1. The number of hydrogen-bond donors (Lipinski definition) is 1. The summed E-state index contributed by atoms with van der Waals surface area (Å²) >= 11 is 6.01. The Morgan fingerprint density at radius 2 is 1.88 bits per heavy atom. The molecule has 1 aromatic carbocycles. The molecule has 0 aliphatic rings. The monoisotopic (exact) mass is 362 g/mol. The van der Waals surface area contributed by atoms with Crippen molar-refractivity contribution < 1.29 is 19.1 Å². The maximum Gasteiger partial charge on any atom is 0.412 e. The first-order valence-electron chi connectivity index (χ1n) is 7.54. The molecule has 0 bridgehead atoms. The molecule has 132 valence electrons. The molecule has 25 heavy (non-hydrogen) atoms. The zero-order valence-corrected chi connectivity index (χ0v) is 15.2. The summed E-state index contributed by atoms with van der Waals surface area (Å²) in [6.45, 7) is 5.23. The van der Waals surface area contributed by atoms with Crippen LogP contribution in [0.25, 0.3) is 11.1 Å². The highest BCUT2D eigenvalue weighted by Gasteiger charge is 2.21. The van der Waals surface area contributed by atoms with E-state index in [4.69, 9.17) is 21.1 Å². The number of hydrogen-bond acceptors (Lipinski definition) is 5. The summed E-state index contributed by atoms with van der Waals surface area (Å²) in [5.41, 5.74) is 0.982. The Morgan fingerprint density at radius 3 is 2.48 bits per heavy atom. The van der Waals surface area contributed by atoms with Crippen LogP contribution in [0.15, 0.2) is 36.5 Å². The molecule has 0 aliphatic carbocycles. The highest BCUT2D eigenvalue weighted by atomic mass is 35.5. The molecule has 0 radical (unpaired) electrons. The number of aromatic nitrogens is 1. The van der Waals surface area contributed by atoms with E-state index in [9.17, 15) is 9.59 Å². The number of amides is 1. The number of anilines is 1. The van der Waals surface area contributed by atoms with E-state index < -0.39 is 17.7 Å². The van der Waals surface area contributed by atoms with Crippen molar-refractivity contribution in [3.63, 3.8) is 0 Å². The summed E-state index contributed by atoms with van der Waals surface area (Å²) in [4.78, 5) is 28.1. The summed E-state index contributed by atoms with van der Waals surface area (Å²) in [7, 11) is 1.24. The van der Waals surface area contributed by atoms with Gasteiger partial charge in [-0.25, -0.2) is 14.6 Å². The molecule has 1 heterocycles. The largest absolute Gasteiger partial charge is 0.464 e. The molecule has 1 aromatic heterocycles. The predicted molar refractivity (Wildman–Crippen MR) is 95.9 cm³/mol. The number of nitrogens with one attached hydrogen (secondary N) is 1. The smallest absolute Gasteiger partial charge is 0.412 e. The van der Waals surface area contributed by atoms with E-state index in [-0.39, 0.29) is 11.4 Å². The second kappa shape index (κ2) is 7.53. The fourth-order valence-electron chi connectivity index (χ4n) is 2.06. The lowest BCUT2D eigenvalue weighted by molar-refractivity contribution is 0.0595. The van der Waals surface area contributed by atoms with Gasteiger partial charge in [0.25, 0.3) is 0 Å². The van der Waals surface area contributed by atoms with Gasteiger partial charge in [0.2, 0.25) is 0 Å². The molecule has 0 saturated heterocycles. The second-order valence-electron chi connectivity index (χ2n) is 6.25. The van der Waals surface area contributed by atoms with E-state index in [0.717, 1.165) is 5.56 Å². The minimum atomic E-state index is -0.692. The van der Waals surface area contributed by atoms with Crippen molar-refractivity contribution in [3.05, 3.63) is 47.2 Å². The third kappa shape index (κ3) is 5.19. The molecular formula is C18H19ClN2O4. The molecule has 0 atom stereocenters. The Hall–Kier alpha value is -2.60. The van der Waals surface area contributed by atoms with Crippen LogP contribution in [-0.2, 0) is 9.47 Å².